The fraction of sp³-hybridized carbons (Fsp3) is 0.444. The Morgan fingerprint density at radius 3 is 2.78 bits per heavy atom. The van der Waals surface area contributed by atoms with Crippen LogP contribution in [-0.2, 0) is 11.2 Å². The van der Waals surface area contributed by atoms with Crippen LogP contribution < -0.4 is 15.7 Å². The van der Waals surface area contributed by atoms with Crippen molar-refractivity contribution in [3.63, 3.8) is 0 Å². The molecule has 2 aromatic rings. The number of amides is 1. The molecule has 0 saturated heterocycles. The first kappa shape index (κ1) is 17.1. The highest BCUT2D eigenvalue weighted by atomic mass is 16.5. The first-order valence-corrected chi connectivity index (χ1v) is 8.02. The molecule has 0 radical (unpaired) electrons. The van der Waals surface area contributed by atoms with Crippen LogP contribution in [-0.4, -0.2) is 18.6 Å². The summed E-state index contributed by atoms with van der Waals surface area (Å²) in [7, 11) is 0. The van der Waals surface area contributed by atoms with E-state index in [4.69, 9.17) is 9.15 Å². The van der Waals surface area contributed by atoms with E-state index in [9.17, 15) is 9.59 Å². The summed E-state index contributed by atoms with van der Waals surface area (Å²) in [4.78, 5) is 23.4. The molecule has 23 heavy (non-hydrogen) atoms. The van der Waals surface area contributed by atoms with Crippen LogP contribution >= 0.6 is 0 Å². The zero-order valence-electron chi connectivity index (χ0n) is 13.8. The number of carbonyl (C=O) groups excluding carboxylic acids is 1. The van der Waals surface area contributed by atoms with Crippen molar-refractivity contribution < 1.29 is 13.9 Å². The van der Waals surface area contributed by atoms with Crippen molar-refractivity contribution in [2.24, 2.45) is 0 Å². The molecule has 5 heteroatoms. The molecule has 0 aliphatic carbocycles. The van der Waals surface area contributed by atoms with E-state index in [-0.39, 0.29) is 24.2 Å². The maximum atomic E-state index is 11.7. The first-order chi connectivity index (χ1) is 11.0. The number of carbonyl (C=O) groups is 1. The van der Waals surface area contributed by atoms with Gasteiger partial charge in [0.15, 0.2) is 6.61 Å². The van der Waals surface area contributed by atoms with E-state index >= 15 is 0 Å². The molecule has 2 rings (SSSR count). The van der Waals surface area contributed by atoms with Gasteiger partial charge in [0.05, 0.1) is 0 Å². The summed E-state index contributed by atoms with van der Waals surface area (Å²) < 4.78 is 10.7. The van der Waals surface area contributed by atoms with Crippen LogP contribution in [0.5, 0.6) is 5.75 Å². The average molecular weight is 317 g/mol. The molecule has 0 saturated carbocycles. The number of ether oxygens (including phenoxy) is 1. The molecule has 0 aliphatic rings. The maximum absolute atomic E-state index is 11.7. The molecule has 1 amide bonds. The number of rotatable bonds is 7. The Morgan fingerprint density at radius 1 is 1.30 bits per heavy atom. The smallest absolute Gasteiger partial charge is 0.336 e. The van der Waals surface area contributed by atoms with Crippen molar-refractivity contribution in [2.45, 2.75) is 46.1 Å². The second-order valence-corrected chi connectivity index (χ2v) is 5.66. The van der Waals surface area contributed by atoms with Crippen molar-refractivity contribution in [3.05, 3.63) is 40.2 Å². The molecule has 0 bridgehead atoms. The third-order valence-electron chi connectivity index (χ3n) is 3.71. The lowest BCUT2D eigenvalue weighted by molar-refractivity contribution is -0.123. The van der Waals surface area contributed by atoms with E-state index < -0.39 is 0 Å². The lowest BCUT2D eigenvalue weighted by atomic mass is 10.1. The molecule has 1 heterocycles. The quantitative estimate of drug-likeness (QED) is 0.797. The molecule has 1 atom stereocenters. The predicted molar refractivity (Wildman–Crippen MR) is 89.9 cm³/mol. The molecule has 1 N–H and O–H groups in total. The van der Waals surface area contributed by atoms with E-state index in [1.165, 1.54) is 6.07 Å². The van der Waals surface area contributed by atoms with Crippen molar-refractivity contribution in [1.29, 1.82) is 0 Å². The summed E-state index contributed by atoms with van der Waals surface area (Å²) in [6.45, 7) is 5.95. The fourth-order valence-corrected chi connectivity index (χ4v) is 2.34. The van der Waals surface area contributed by atoms with Gasteiger partial charge < -0.3 is 14.5 Å². The summed E-state index contributed by atoms with van der Waals surface area (Å²) in [6, 6.07) is 6.97. The number of hydrogen-bond donors (Lipinski definition) is 1. The molecule has 5 nitrogen and oxygen atoms in total. The number of fused-ring (bicyclic) bond motifs is 1. The van der Waals surface area contributed by atoms with Gasteiger partial charge >= 0.3 is 5.63 Å². The Labute approximate surface area is 135 Å². The Kier molecular flexibility index (Phi) is 5.79. The normalized spacial score (nSPS) is 12.1. The van der Waals surface area contributed by atoms with Gasteiger partial charge in [-0.15, -0.1) is 0 Å². The van der Waals surface area contributed by atoms with Gasteiger partial charge in [0.25, 0.3) is 5.91 Å². The second-order valence-electron chi connectivity index (χ2n) is 5.66. The van der Waals surface area contributed by atoms with Crippen LogP contribution in [0.15, 0.2) is 33.5 Å². The Balaban J connectivity index is 2.14. The Bertz CT molecular complexity index is 735. The van der Waals surface area contributed by atoms with Crippen LogP contribution in [0.2, 0.25) is 0 Å². The molecule has 0 spiro atoms. The summed E-state index contributed by atoms with van der Waals surface area (Å²) in [6.07, 6.45) is 2.64. The highest BCUT2D eigenvalue weighted by Crippen LogP contribution is 2.23. The third kappa shape index (κ3) is 4.58. The van der Waals surface area contributed by atoms with E-state index in [2.05, 4.69) is 12.2 Å². The monoisotopic (exact) mass is 317 g/mol. The van der Waals surface area contributed by atoms with Crippen molar-refractivity contribution >= 4 is 16.9 Å². The highest BCUT2D eigenvalue weighted by Gasteiger charge is 2.09. The van der Waals surface area contributed by atoms with Crippen molar-refractivity contribution in [2.75, 3.05) is 6.61 Å². The minimum atomic E-state index is -0.368. The van der Waals surface area contributed by atoms with Crippen LogP contribution in [0.4, 0.5) is 0 Å². The zero-order chi connectivity index (χ0) is 16.8. The summed E-state index contributed by atoms with van der Waals surface area (Å²) in [5, 5.41) is 3.74. The summed E-state index contributed by atoms with van der Waals surface area (Å²) in [5.74, 6) is 0.342. The van der Waals surface area contributed by atoms with Crippen LogP contribution in [0.1, 0.15) is 39.2 Å². The standard InChI is InChI=1S/C18H23NO4/c1-4-6-13-9-18(21)23-16-10-14(7-8-15(13)16)22-11-17(20)19-12(3)5-2/h7-10,12H,4-6,11H2,1-3H3,(H,19,20). The van der Waals surface area contributed by atoms with Gasteiger partial charge in [0.1, 0.15) is 11.3 Å². The lowest BCUT2D eigenvalue weighted by Gasteiger charge is -2.12. The maximum Gasteiger partial charge on any atom is 0.336 e. The van der Waals surface area contributed by atoms with Gasteiger partial charge in [-0.2, -0.15) is 0 Å². The largest absolute Gasteiger partial charge is 0.484 e. The number of benzene rings is 1. The van der Waals surface area contributed by atoms with E-state index in [0.717, 1.165) is 30.2 Å². The van der Waals surface area contributed by atoms with E-state index in [0.29, 0.717) is 11.3 Å². The molecule has 124 valence electrons. The first-order valence-electron chi connectivity index (χ1n) is 8.02. The third-order valence-corrected chi connectivity index (χ3v) is 3.71. The van der Waals surface area contributed by atoms with Gasteiger partial charge in [-0.25, -0.2) is 4.79 Å². The van der Waals surface area contributed by atoms with E-state index in [1.807, 2.05) is 19.9 Å². The Hall–Kier alpha value is -2.30. The minimum absolute atomic E-state index is 0.0608. The average Bonchev–Trinajstić information content (AvgIpc) is 2.52. The van der Waals surface area contributed by atoms with Gasteiger partial charge in [-0.05, 0) is 37.5 Å². The molecule has 1 aromatic carbocycles. The Morgan fingerprint density at radius 2 is 2.09 bits per heavy atom. The second kappa shape index (κ2) is 7.81. The van der Waals surface area contributed by atoms with Crippen LogP contribution in [0, 0.1) is 0 Å². The number of aryl methyl sites for hydroxylation is 1. The topological polar surface area (TPSA) is 68.5 Å². The number of nitrogens with one attached hydrogen (secondary N) is 1. The van der Waals surface area contributed by atoms with Crippen molar-refractivity contribution in [1.82, 2.24) is 5.32 Å². The van der Waals surface area contributed by atoms with Gasteiger partial charge in [-0.3, -0.25) is 4.79 Å². The molecule has 0 fully saturated rings. The summed E-state index contributed by atoms with van der Waals surface area (Å²) in [5.41, 5.74) is 1.09. The minimum Gasteiger partial charge on any atom is -0.484 e. The van der Waals surface area contributed by atoms with Gasteiger partial charge in [-0.1, -0.05) is 20.3 Å². The SMILES string of the molecule is CCCc1cc(=O)oc2cc(OCC(=O)NC(C)CC)ccc12. The number of hydrogen-bond acceptors (Lipinski definition) is 4. The summed E-state index contributed by atoms with van der Waals surface area (Å²) >= 11 is 0. The lowest BCUT2D eigenvalue weighted by Crippen LogP contribution is -2.35. The predicted octanol–water partition coefficient (Wildman–Crippen LogP) is 3.04. The van der Waals surface area contributed by atoms with Crippen LogP contribution in [0.3, 0.4) is 0 Å². The van der Waals surface area contributed by atoms with Gasteiger partial charge in [0.2, 0.25) is 0 Å². The van der Waals surface area contributed by atoms with Gasteiger partial charge in [0, 0.05) is 23.6 Å². The molecule has 1 unspecified atom stereocenters. The van der Waals surface area contributed by atoms with Crippen LogP contribution in [0.25, 0.3) is 11.0 Å². The highest BCUT2D eigenvalue weighted by molar-refractivity contribution is 5.82. The molecule has 1 aromatic heterocycles. The van der Waals surface area contributed by atoms with E-state index in [1.54, 1.807) is 12.1 Å². The molecular formula is C18H23NO4. The zero-order valence-corrected chi connectivity index (χ0v) is 13.8. The fourth-order valence-electron chi connectivity index (χ4n) is 2.34. The van der Waals surface area contributed by atoms with Crippen molar-refractivity contribution in [3.8, 4) is 5.75 Å². The molecular weight excluding hydrogens is 294 g/mol. The molecule has 0 aliphatic heterocycles.